The molecule has 2 unspecified atom stereocenters. The van der Waals surface area contributed by atoms with Gasteiger partial charge in [0.15, 0.2) is 6.29 Å². The van der Waals surface area contributed by atoms with Crippen LogP contribution >= 0.6 is 0 Å². The Balaban J connectivity index is 3.27. The summed E-state index contributed by atoms with van der Waals surface area (Å²) in [5, 5.41) is 8.73. The summed E-state index contributed by atoms with van der Waals surface area (Å²) in [6.45, 7) is 2.89. The van der Waals surface area contributed by atoms with Crippen molar-refractivity contribution in [1.29, 1.82) is 0 Å². The van der Waals surface area contributed by atoms with E-state index in [0.717, 1.165) is 0 Å². The van der Waals surface area contributed by atoms with E-state index in [9.17, 15) is 0 Å². The predicted octanol–water partition coefficient (Wildman–Crippen LogP) is 0.308. The SMILES string of the molecule is CCOC(C)OC(O)OC. The molecular weight excluding hydrogens is 136 g/mol. The van der Waals surface area contributed by atoms with Gasteiger partial charge in [-0.3, -0.25) is 0 Å². The number of rotatable bonds is 5. The first kappa shape index (κ1) is 9.84. The van der Waals surface area contributed by atoms with Gasteiger partial charge in [0.1, 0.15) is 0 Å². The molecule has 0 fully saturated rings. The number of hydrogen-bond acceptors (Lipinski definition) is 4. The highest BCUT2D eigenvalue weighted by Crippen LogP contribution is 1.97. The summed E-state index contributed by atoms with van der Waals surface area (Å²) in [6.07, 6.45) is -0.431. The summed E-state index contributed by atoms with van der Waals surface area (Å²) in [7, 11) is 1.35. The Hall–Kier alpha value is -0.160. The lowest BCUT2D eigenvalue weighted by Gasteiger charge is -2.15. The largest absolute Gasteiger partial charge is 0.353 e. The minimum absolute atomic E-state index is 0.431. The normalized spacial score (nSPS) is 16.8. The topological polar surface area (TPSA) is 47.9 Å². The zero-order chi connectivity index (χ0) is 7.98. The van der Waals surface area contributed by atoms with Gasteiger partial charge < -0.3 is 19.3 Å². The summed E-state index contributed by atoms with van der Waals surface area (Å²) >= 11 is 0. The molecule has 4 nitrogen and oxygen atoms in total. The third-order valence-corrected chi connectivity index (χ3v) is 0.911. The standard InChI is InChI=1S/C6H14O4/c1-4-9-5(2)10-6(7)8-3/h5-7H,4H2,1-3H3. The molecule has 0 bridgehead atoms. The highest BCUT2D eigenvalue weighted by Gasteiger charge is 2.06. The van der Waals surface area contributed by atoms with Crippen molar-refractivity contribution in [3.05, 3.63) is 0 Å². The third kappa shape index (κ3) is 4.69. The van der Waals surface area contributed by atoms with Gasteiger partial charge in [0.05, 0.1) is 0 Å². The fourth-order valence-corrected chi connectivity index (χ4v) is 0.493. The van der Waals surface area contributed by atoms with Crippen LogP contribution in [0.2, 0.25) is 0 Å². The average Bonchev–Trinajstić information content (AvgIpc) is 1.88. The molecule has 0 radical (unpaired) electrons. The predicted molar refractivity (Wildman–Crippen MR) is 35.2 cm³/mol. The monoisotopic (exact) mass is 150 g/mol. The molecule has 0 aromatic carbocycles. The van der Waals surface area contributed by atoms with Gasteiger partial charge in [-0.25, -0.2) is 0 Å². The second-order valence-electron chi connectivity index (χ2n) is 1.70. The van der Waals surface area contributed by atoms with Crippen molar-refractivity contribution in [3.63, 3.8) is 0 Å². The zero-order valence-corrected chi connectivity index (χ0v) is 6.53. The Kier molecular flexibility index (Phi) is 5.52. The van der Waals surface area contributed by atoms with E-state index in [2.05, 4.69) is 4.74 Å². The quantitative estimate of drug-likeness (QED) is 0.573. The third-order valence-electron chi connectivity index (χ3n) is 0.911. The summed E-state index contributed by atoms with van der Waals surface area (Å²) in [5.74, 6) is 0. The van der Waals surface area contributed by atoms with Crippen molar-refractivity contribution in [2.45, 2.75) is 26.6 Å². The molecule has 1 N–H and O–H groups in total. The van der Waals surface area contributed by atoms with Crippen LogP contribution in [0.1, 0.15) is 13.8 Å². The first-order chi connectivity index (χ1) is 4.70. The molecule has 0 spiro atoms. The van der Waals surface area contributed by atoms with Crippen LogP contribution in [-0.2, 0) is 14.2 Å². The molecule has 0 aromatic heterocycles. The fraction of sp³-hybridized carbons (Fsp3) is 1.00. The minimum atomic E-state index is -1.19. The fourth-order valence-electron chi connectivity index (χ4n) is 0.493. The van der Waals surface area contributed by atoms with Crippen molar-refractivity contribution in [2.75, 3.05) is 13.7 Å². The van der Waals surface area contributed by atoms with Crippen molar-refractivity contribution < 1.29 is 19.3 Å². The van der Waals surface area contributed by atoms with Crippen molar-refractivity contribution >= 4 is 0 Å². The average molecular weight is 150 g/mol. The van der Waals surface area contributed by atoms with Crippen LogP contribution in [0, 0.1) is 0 Å². The van der Waals surface area contributed by atoms with Crippen LogP contribution in [0.15, 0.2) is 0 Å². The number of methoxy groups -OCH3 is 1. The molecule has 0 heterocycles. The molecular formula is C6H14O4. The van der Waals surface area contributed by atoms with E-state index in [0.29, 0.717) is 6.61 Å². The van der Waals surface area contributed by atoms with Gasteiger partial charge >= 0.3 is 0 Å². The summed E-state index contributed by atoms with van der Waals surface area (Å²) in [4.78, 5) is 0. The second-order valence-corrected chi connectivity index (χ2v) is 1.70. The van der Waals surface area contributed by atoms with Crippen molar-refractivity contribution in [3.8, 4) is 0 Å². The van der Waals surface area contributed by atoms with E-state index < -0.39 is 12.8 Å². The van der Waals surface area contributed by atoms with Crippen LogP contribution in [0.3, 0.4) is 0 Å². The Morgan fingerprint density at radius 1 is 1.50 bits per heavy atom. The maximum Gasteiger partial charge on any atom is 0.271 e. The number of ether oxygens (including phenoxy) is 3. The molecule has 0 amide bonds. The first-order valence-electron chi connectivity index (χ1n) is 3.18. The molecule has 0 aromatic rings. The van der Waals surface area contributed by atoms with E-state index in [1.165, 1.54) is 7.11 Å². The van der Waals surface area contributed by atoms with Crippen molar-refractivity contribution in [2.24, 2.45) is 0 Å². The first-order valence-corrected chi connectivity index (χ1v) is 3.18. The van der Waals surface area contributed by atoms with Crippen LogP contribution in [0.5, 0.6) is 0 Å². The van der Waals surface area contributed by atoms with Gasteiger partial charge in [0, 0.05) is 13.7 Å². The van der Waals surface area contributed by atoms with E-state index >= 15 is 0 Å². The van der Waals surface area contributed by atoms with E-state index in [1.54, 1.807) is 6.92 Å². The van der Waals surface area contributed by atoms with E-state index in [1.807, 2.05) is 6.92 Å². The second kappa shape index (κ2) is 5.61. The highest BCUT2D eigenvalue weighted by molar-refractivity contribution is 4.27. The Bertz CT molecular complexity index is 76.1. The van der Waals surface area contributed by atoms with Gasteiger partial charge in [-0.1, -0.05) is 0 Å². The highest BCUT2D eigenvalue weighted by atomic mass is 16.8. The molecule has 62 valence electrons. The number of aliphatic hydroxyl groups is 1. The summed E-state index contributed by atoms with van der Waals surface area (Å²) in [5.41, 5.74) is 0. The Labute approximate surface area is 60.7 Å². The van der Waals surface area contributed by atoms with Crippen LogP contribution in [-0.4, -0.2) is 31.6 Å². The van der Waals surface area contributed by atoms with E-state index in [4.69, 9.17) is 14.6 Å². The molecule has 0 saturated heterocycles. The van der Waals surface area contributed by atoms with Gasteiger partial charge in [-0.15, -0.1) is 0 Å². The zero-order valence-electron chi connectivity index (χ0n) is 6.53. The maximum absolute atomic E-state index is 8.73. The number of hydrogen-bond donors (Lipinski definition) is 1. The summed E-state index contributed by atoms with van der Waals surface area (Å²) < 4.78 is 14.1. The number of aliphatic hydroxyl groups excluding tert-OH is 1. The van der Waals surface area contributed by atoms with Gasteiger partial charge in [0.25, 0.3) is 6.48 Å². The van der Waals surface area contributed by atoms with Gasteiger partial charge in [-0.05, 0) is 13.8 Å². The van der Waals surface area contributed by atoms with E-state index in [-0.39, 0.29) is 0 Å². The molecule has 0 aliphatic rings. The Morgan fingerprint density at radius 3 is 2.50 bits per heavy atom. The Morgan fingerprint density at radius 2 is 2.10 bits per heavy atom. The molecule has 2 atom stereocenters. The molecule has 4 heteroatoms. The smallest absolute Gasteiger partial charge is 0.271 e. The minimum Gasteiger partial charge on any atom is -0.353 e. The van der Waals surface area contributed by atoms with Crippen LogP contribution in [0.25, 0.3) is 0 Å². The van der Waals surface area contributed by atoms with Crippen LogP contribution < -0.4 is 0 Å². The molecule has 0 aliphatic heterocycles. The molecule has 0 saturated carbocycles. The summed E-state index contributed by atoms with van der Waals surface area (Å²) in [6, 6.07) is 0. The van der Waals surface area contributed by atoms with Crippen LogP contribution in [0.4, 0.5) is 0 Å². The lowest BCUT2D eigenvalue weighted by atomic mass is 10.7. The van der Waals surface area contributed by atoms with Gasteiger partial charge in [0.2, 0.25) is 0 Å². The van der Waals surface area contributed by atoms with Gasteiger partial charge in [-0.2, -0.15) is 0 Å². The maximum atomic E-state index is 8.73. The molecule has 0 rings (SSSR count). The van der Waals surface area contributed by atoms with Crippen molar-refractivity contribution in [1.82, 2.24) is 0 Å². The molecule has 0 aliphatic carbocycles. The lowest BCUT2D eigenvalue weighted by Crippen LogP contribution is -2.23. The lowest BCUT2D eigenvalue weighted by molar-refractivity contribution is -0.311. The molecule has 10 heavy (non-hydrogen) atoms.